The average molecular weight is 470 g/mol. The van der Waals surface area contributed by atoms with Crippen LogP contribution in [0.25, 0.3) is 11.3 Å². The maximum absolute atomic E-state index is 13.8. The lowest BCUT2D eigenvalue weighted by molar-refractivity contribution is 0.0474. The molecule has 2 aliphatic rings. The average Bonchev–Trinajstić information content (AvgIpc) is 2.83. The van der Waals surface area contributed by atoms with Crippen molar-refractivity contribution in [2.75, 3.05) is 39.3 Å². The number of ether oxygens (including phenoxy) is 1. The van der Waals surface area contributed by atoms with Gasteiger partial charge in [0.1, 0.15) is 11.4 Å². The Labute approximate surface area is 201 Å². The Bertz CT molecular complexity index is 935. The van der Waals surface area contributed by atoms with E-state index in [-0.39, 0.29) is 5.91 Å². The largest absolute Gasteiger partial charge is 0.492 e. The quantitative estimate of drug-likeness (QED) is 0.659. The molecule has 0 radical (unpaired) electrons. The van der Waals surface area contributed by atoms with E-state index in [0.717, 1.165) is 55.8 Å². The zero-order chi connectivity index (χ0) is 24.1. The molecule has 0 aliphatic carbocycles. The molecule has 1 amide bonds. The van der Waals surface area contributed by atoms with Crippen LogP contribution in [-0.2, 0) is 0 Å². The van der Waals surface area contributed by atoms with Crippen molar-refractivity contribution in [1.29, 1.82) is 0 Å². The number of pyridine rings is 1. The van der Waals surface area contributed by atoms with Crippen molar-refractivity contribution in [2.24, 2.45) is 5.92 Å². The van der Waals surface area contributed by atoms with E-state index < -0.39 is 11.8 Å². The first-order valence-corrected chi connectivity index (χ1v) is 12.3. The van der Waals surface area contributed by atoms with Crippen LogP contribution in [0.2, 0.25) is 0 Å². The van der Waals surface area contributed by atoms with E-state index in [1.807, 2.05) is 36.4 Å². The number of piperidine rings is 2. The van der Waals surface area contributed by atoms with E-state index in [4.69, 9.17) is 4.74 Å². The Morgan fingerprint density at radius 1 is 1.12 bits per heavy atom. The highest BCUT2D eigenvalue weighted by atomic mass is 19.1. The SMILES string of the molecule is CC(C)(F)CN1CCC(COc2ccc(-c3ccc(C(=O)N4CCC[C@H](O)C4)cc3)nc2)CC1. The van der Waals surface area contributed by atoms with Crippen LogP contribution in [0, 0.1) is 5.92 Å². The fourth-order valence-corrected chi connectivity index (χ4v) is 4.80. The van der Waals surface area contributed by atoms with Crippen LogP contribution < -0.4 is 4.74 Å². The molecule has 3 heterocycles. The Kier molecular flexibility index (Phi) is 7.84. The second kappa shape index (κ2) is 10.8. The summed E-state index contributed by atoms with van der Waals surface area (Å²) in [6, 6.07) is 11.3. The number of rotatable bonds is 7. The minimum atomic E-state index is -1.15. The van der Waals surface area contributed by atoms with Crippen LogP contribution in [0.1, 0.15) is 49.9 Å². The number of β-amino-alcohol motifs (C(OH)–C–C–N with tert-alkyl or cyclic N) is 1. The molecule has 0 unspecified atom stereocenters. The van der Waals surface area contributed by atoms with Crippen molar-refractivity contribution >= 4 is 5.91 Å². The summed E-state index contributed by atoms with van der Waals surface area (Å²) in [4.78, 5) is 21.1. The third kappa shape index (κ3) is 6.76. The number of benzene rings is 1. The predicted octanol–water partition coefficient (Wildman–Crippen LogP) is 4.18. The van der Waals surface area contributed by atoms with Gasteiger partial charge in [-0.3, -0.25) is 9.78 Å². The van der Waals surface area contributed by atoms with Gasteiger partial charge in [-0.1, -0.05) is 12.1 Å². The highest BCUT2D eigenvalue weighted by Gasteiger charge is 2.26. The van der Waals surface area contributed by atoms with E-state index >= 15 is 0 Å². The Balaban J connectivity index is 1.26. The third-order valence-corrected chi connectivity index (χ3v) is 6.64. The van der Waals surface area contributed by atoms with E-state index in [0.29, 0.717) is 37.7 Å². The first-order chi connectivity index (χ1) is 16.3. The Morgan fingerprint density at radius 3 is 2.47 bits per heavy atom. The van der Waals surface area contributed by atoms with E-state index in [2.05, 4.69) is 9.88 Å². The van der Waals surface area contributed by atoms with Crippen LogP contribution in [0.5, 0.6) is 5.75 Å². The Hall–Kier alpha value is -2.51. The molecule has 6 nitrogen and oxygen atoms in total. The normalized spacial score (nSPS) is 20.4. The number of nitrogens with zero attached hydrogens (tertiary/aromatic N) is 3. The second-order valence-electron chi connectivity index (χ2n) is 10.3. The van der Waals surface area contributed by atoms with Gasteiger partial charge >= 0.3 is 0 Å². The van der Waals surface area contributed by atoms with E-state index in [1.165, 1.54) is 0 Å². The summed E-state index contributed by atoms with van der Waals surface area (Å²) in [6.07, 6.45) is 4.94. The number of hydrogen-bond donors (Lipinski definition) is 1. The van der Waals surface area contributed by atoms with Gasteiger partial charge in [0, 0.05) is 30.8 Å². The number of aliphatic hydroxyl groups excluding tert-OH is 1. The van der Waals surface area contributed by atoms with Gasteiger partial charge in [-0.25, -0.2) is 4.39 Å². The van der Waals surface area contributed by atoms with Gasteiger partial charge < -0.3 is 19.6 Å². The lowest BCUT2D eigenvalue weighted by Gasteiger charge is -2.34. The van der Waals surface area contributed by atoms with Gasteiger partial charge in [-0.15, -0.1) is 0 Å². The van der Waals surface area contributed by atoms with Crippen molar-refractivity contribution in [3.05, 3.63) is 48.2 Å². The summed E-state index contributed by atoms with van der Waals surface area (Å²) < 4.78 is 19.8. The topological polar surface area (TPSA) is 65.9 Å². The highest BCUT2D eigenvalue weighted by Crippen LogP contribution is 2.24. The van der Waals surface area contributed by atoms with Gasteiger partial charge in [0.05, 0.1) is 24.6 Å². The molecule has 0 saturated carbocycles. The molecule has 2 aliphatic heterocycles. The molecule has 0 bridgehead atoms. The number of amides is 1. The van der Waals surface area contributed by atoms with Crippen LogP contribution >= 0.6 is 0 Å². The van der Waals surface area contributed by atoms with Gasteiger partial charge in [-0.2, -0.15) is 0 Å². The molecule has 184 valence electrons. The highest BCUT2D eigenvalue weighted by molar-refractivity contribution is 5.94. The van der Waals surface area contributed by atoms with E-state index in [1.54, 1.807) is 24.9 Å². The molecule has 1 atom stereocenters. The number of aliphatic hydroxyl groups is 1. The zero-order valence-electron chi connectivity index (χ0n) is 20.3. The molecular formula is C27H36FN3O3. The van der Waals surface area contributed by atoms with Crippen molar-refractivity contribution in [3.8, 4) is 17.0 Å². The molecule has 1 aromatic carbocycles. The van der Waals surface area contributed by atoms with Gasteiger partial charge in [-0.05, 0) is 82.8 Å². The van der Waals surface area contributed by atoms with Gasteiger partial charge in [0.15, 0.2) is 0 Å². The second-order valence-corrected chi connectivity index (χ2v) is 10.3. The molecule has 0 spiro atoms. The minimum absolute atomic E-state index is 0.0405. The third-order valence-electron chi connectivity index (χ3n) is 6.64. The van der Waals surface area contributed by atoms with Crippen LogP contribution in [0.3, 0.4) is 0 Å². The fourth-order valence-electron chi connectivity index (χ4n) is 4.80. The lowest BCUT2D eigenvalue weighted by atomic mass is 9.97. The first kappa shape index (κ1) is 24.6. The fraction of sp³-hybridized carbons (Fsp3) is 0.556. The monoisotopic (exact) mass is 469 g/mol. The molecule has 1 aromatic heterocycles. The molecule has 34 heavy (non-hydrogen) atoms. The summed E-state index contributed by atoms with van der Waals surface area (Å²) in [5, 5.41) is 9.82. The lowest BCUT2D eigenvalue weighted by Crippen LogP contribution is -2.42. The molecular weight excluding hydrogens is 433 g/mol. The summed E-state index contributed by atoms with van der Waals surface area (Å²) >= 11 is 0. The maximum atomic E-state index is 13.8. The van der Waals surface area contributed by atoms with E-state index in [9.17, 15) is 14.3 Å². The summed E-state index contributed by atoms with van der Waals surface area (Å²) in [5.41, 5.74) is 1.23. The Morgan fingerprint density at radius 2 is 1.85 bits per heavy atom. The number of hydrogen-bond acceptors (Lipinski definition) is 5. The zero-order valence-corrected chi connectivity index (χ0v) is 20.3. The van der Waals surface area contributed by atoms with Crippen LogP contribution in [0.4, 0.5) is 4.39 Å². The number of carbonyl (C=O) groups excluding carboxylic acids is 1. The number of halogens is 1. The standard InChI is InChI=1S/C27H36FN3O3/c1-27(2,28)19-30-14-11-20(12-15-30)18-34-24-9-10-25(29-16-24)21-5-7-22(8-6-21)26(33)31-13-3-4-23(32)17-31/h5-10,16,20,23,32H,3-4,11-15,17-19H2,1-2H3/t23-/m0/s1. The van der Waals surface area contributed by atoms with Gasteiger partial charge in [0.2, 0.25) is 0 Å². The first-order valence-electron chi connectivity index (χ1n) is 12.3. The van der Waals surface area contributed by atoms with Crippen molar-refractivity contribution in [1.82, 2.24) is 14.8 Å². The maximum Gasteiger partial charge on any atom is 0.253 e. The van der Waals surface area contributed by atoms with Crippen LogP contribution in [0.15, 0.2) is 42.6 Å². The van der Waals surface area contributed by atoms with Crippen molar-refractivity contribution in [3.63, 3.8) is 0 Å². The smallest absolute Gasteiger partial charge is 0.253 e. The predicted molar refractivity (Wildman–Crippen MR) is 131 cm³/mol. The van der Waals surface area contributed by atoms with Crippen molar-refractivity contribution < 1.29 is 19.0 Å². The molecule has 1 N–H and O–H groups in total. The van der Waals surface area contributed by atoms with Crippen molar-refractivity contribution in [2.45, 2.75) is 51.3 Å². The molecule has 2 aromatic rings. The summed E-state index contributed by atoms with van der Waals surface area (Å²) in [7, 11) is 0. The van der Waals surface area contributed by atoms with Gasteiger partial charge in [0.25, 0.3) is 5.91 Å². The summed E-state index contributed by atoms with van der Waals surface area (Å²) in [5.74, 6) is 1.18. The molecule has 2 fully saturated rings. The molecule has 7 heteroatoms. The number of carbonyl (C=O) groups is 1. The number of alkyl halides is 1. The number of likely N-dealkylation sites (tertiary alicyclic amines) is 2. The minimum Gasteiger partial charge on any atom is -0.492 e. The number of aromatic nitrogens is 1. The summed E-state index contributed by atoms with van der Waals surface area (Å²) in [6.45, 7) is 7.32. The molecule has 2 saturated heterocycles. The molecule has 4 rings (SSSR count). The van der Waals surface area contributed by atoms with Crippen LogP contribution in [-0.4, -0.2) is 76.9 Å².